The highest BCUT2D eigenvalue weighted by Crippen LogP contribution is 2.36. The van der Waals surface area contributed by atoms with Crippen LogP contribution in [-0.2, 0) is 18.3 Å². The lowest BCUT2D eigenvalue weighted by molar-refractivity contribution is -0.870. The van der Waals surface area contributed by atoms with Crippen LogP contribution < -0.4 is 0 Å². The Morgan fingerprint density at radius 3 is 0.895 bits per heavy atom. The van der Waals surface area contributed by atoms with Crippen LogP contribution in [0.15, 0.2) is 0 Å². The van der Waals surface area contributed by atoms with Crippen LogP contribution in [0.5, 0.6) is 0 Å². The maximum absolute atomic E-state index is 11.3. The average Bonchev–Trinajstić information content (AvgIpc) is 2.68. The lowest BCUT2D eigenvalue weighted by atomic mass is 10.3. The fourth-order valence-electron chi connectivity index (χ4n) is 3.43. The fourth-order valence-corrected chi connectivity index (χ4v) is 5.60. The molecule has 8 N–H and O–H groups in total. The first-order valence-electron chi connectivity index (χ1n) is 12.1. The quantitative estimate of drug-likeness (QED) is 0.0509. The molecule has 0 amide bonds. The summed E-state index contributed by atoms with van der Waals surface area (Å²) in [5.41, 5.74) is 0. The van der Waals surface area contributed by atoms with Crippen LogP contribution in [0.3, 0.4) is 0 Å². The molecular weight excluding hydrogens is 588 g/mol. The average molecular weight is 635 g/mol. The first-order valence-corrected chi connectivity index (χ1v) is 19.3. The molecule has 0 saturated heterocycles. The van der Waals surface area contributed by atoms with Crippen molar-refractivity contribution in [1.29, 1.82) is 0 Å². The van der Waals surface area contributed by atoms with Crippen molar-refractivity contribution in [2.24, 2.45) is 0 Å². The predicted molar refractivity (Wildman–Crippen MR) is 144 cm³/mol. The highest BCUT2D eigenvalue weighted by atomic mass is 31.2. The van der Waals surface area contributed by atoms with E-state index in [1.54, 1.807) is 9.80 Å². The van der Waals surface area contributed by atoms with Crippen LogP contribution >= 0.6 is 30.4 Å². The minimum absolute atomic E-state index is 0.0618. The molecule has 38 heavy (non-hydrogen) atoms. The van der Waals surface area contributed by atoms with Gasteiger partial charge in [0.1, 0.15) is 0 Å². The normalized spacial score (nSPS) is 14.3. The maximum atomic E-state index is 11.3. The Balaban J connectivity index is 5.41. The third-order valence-electron chi connectivity index (χ3n) is 5.60. The van der Waals surface area contributed by atoms with E-state index < -0.39 is 55.0 Å². The molecule has 0 aromatic rings. The molecule has 16 nitrogen and oxygen atoms in total. The zero-order valence-electron chi connectivity index (χ0n) is 22.4. The van der Waals surface area contributed by atoms with Crippen molar-refractivity contribution < 1.29 is 61.9 Å². The Kier molecular flexibility index (Phi) is 17.0. The second-order valence-electron chi connectivity index (χ2n) is 10.4. The topological polar surface area (TPSA) is 240 Å². The van der Waals surface area contributed by atoms with Gasteiger partial charge in [-0.25, -0.2) is 0 Å². The maximum Gasteiger partial charge on any atom is 0.326 e. The Labute approximate surface area is 224 Å². The largest absolute Gasteiger partial charge is 0.331 e. The molecule has 230 valence electrons. The smallest absolute Gasteiger partial charge is 0.326 e. The summed E-state index contributed by atoms with van der Waals surface area (Å²) in [5, 5.41) is 0. The highest BCUT2D eigenvalue weighted by molar-refractivity contribution is 7.52. The standard InChI is InChI=1S/C18H46N4O12P4/c1-22(2,3)14-4-5-19(6-8-20(10-15-35(23,24)25)11-16-36(26,27)28)7-9-21(12-17-37(29,30)31)13-18-38(32,33)34/h4-18H2,1-3H3,(H7-,23,24,25,26,27,28,29,30,31,32,33,34)/p+1. The SMILES string of the molecule is C[N+](C)(C)CCCN(CCN(CCP(=O)(O)O)CCP(=O)(O)O)CCN(CCP(=O)(O)O)CCP(=O)(O)O. The Morgan fingerprint density at radius 1 is 0.447 bits per heavy atom. The van der Waals surface area contributed by atoms with Crippen LogP contribution in [0.1, 0.15) is 6.42 Å². The molecule has 0 aromatic heterocycles. The molecule has 0 heterocycles. The summed E-state index contributed by atoms with van der Waals surface area (Å²) < 4.78 is 46.1. The van der Waals surface area contributed by atoms with Crippen molar-refractivity contribution in [1.82, 2.24) is 14.7 Å². The third kappa shape index (κ3) is 26.7. The molecule has 0 unspecified atom stereocenters. The van der Waals surface area contributed by atoms with Crippen LogP contribution in [0.25, 0.3) is 0 Å². The zero-order valence-corrected chi connectivity index (χ0v) is 26.0. The van der Waals surface area contributed by atoms with Crippen molar-refractivity contribution in [2.75, 3.05) is 111 Å². The first-order chi connectivity index (χ1) is 16.9. The molecule has 0 bridgehead atoms. The number of nitrogens with zero attached hydrogens (tertiary/aromatic N) is 4. The number of hydrogen-bond donors (Lipinski definition) is 8. The summed E-state index contributed by atoms with van der Waals surface area (Å²) in [4.78, 5) is 79.0. The summed E-state index contributed by atoms with van der Waals surface area (Å²) in [5.74, 6) is 0. The Morgan fingerprint density at radius 2 is 0.684 bits per heavy atom. The zero-order chi connectivity index (χ0) is 29.8. The first kappa shape index (κ1) is 38.4. The molecule has 0 radical (unpaired) electrons. The van der Waals surface area contributed by atoms with Gasteiger partial charge >= 0.3 is 30.4 Å². The van der Waals surface area contributed by atoms with E-state index in [2.05, 4.69) is 0 Å². The van der Waals surface area contributed by atoms with Gasteiger partial charge in [-0.3, -0.25) is 18.3 Å². The molecule has 0 atom stereocenters. The van der Waals surface area contributed by atoms with Crippen molar-refractivity contribution in [3.8, 4) is 0 Å². The van der Waals surface area contributed by atoms with Crippen molar-refractivity contribution in [3.63, 3.8) is 0 Å². The molecular formula is C18H47N4O12P4+. The van der Waals surface area contributed by atoms with Crippen LogP contribution in [0.2, 0.25) is 0 Å². The second kappa shape index (κ2) is 16.8. The van der Waals surface area contributed by atoms with Crippen LogP contribution in [0.4, 0.5) is 0 Å². The highest BCUT2D eigenvalue weighted by Gasteiger charge is 2.22. The van der Waals surface area contributed by atoms with Gasteiger partial charge in [0.05, 0.1) is 52.3 Å². The van der Waals surface area contributed by atoms with E-state index in [1.165, 1.54) is 0 Å². The molecule has 0 aromatic carbocycles. The number of rotatable bonds is 22. The molecule has 0 saturated carbocycles. The lowest BCUT2D eigenvalue weighted by Crippen LogP contribution is -2.43. The third-order valence-corrected chi connectivity index (χ3v) is 8.73. The van der Waals surface area contributed by atoms with Crippen LogP contribution in [0, 0.1) is 0 Å². The van der Waals surface area contributed by atoms with Gasteiger partial charge in [0.15, 0.2) is 0 Å². The van der Waals surface area contributed by atoms with Crippen molar-refractivity contribution in [3.05, 3.63) is 0 Å². The van der Waals surface area contributed by atoms with E-state index >= 15 is 0 Å². The van der Waals surface area contributed by atoms with Gasteiger partial charge in [-0.15, -0.1) is 0 Å². The van der Waals surface area contributed by atoms with Crippen molar-refractivity contribution in [2.45, 2.75) is 6.42 Å². The van der Waals surface area contributed by atoms with E-state index in [0.717, 1.165) is 13.0 Å². The summed E-state index contributed by atoms with van der Waals surface area (Å²) in [6.45, 7) is 2.46. The van der Waals surface area contributed by atoms with Gasteiger partial charge < -0.3 is 58.3 Å². The molecule has 0 aliphatic carbocycles. The minimum atomic E-state index is -4.32. The van der Waals surface area contributed by atoms with Gasteiger partial charge in [-0.1, -0.05) is 0 Å². The lowest BCUT2D eigenvalue weighted by Gasteiger charge is -2.31. The Bertz CT molecular complexity index is 754. The van der Waals surface area contributed by atoms with Crippen molar-refractivity contribution >= 4 is 30.4 Å². The summed E-state index contributed by atoms with van der Waals surface area (Å²) in [6.07, 6.45) is -1.08. The van der Waals surface area contributed by atoms with Gasteiger partial charge in [-0.05, 0) is 0 Å². The van der Waals surface area contributed by atoms with Gasteiger partial charge in [-0.2, -0.15) is 0 Å². The monoisotopic (exact) mass is 635 g/mol. The predicted octanol–water partition coefficient (Wildman–Crippen LogP) is -1.30. The molecule has 0 rings (SSSR count). The van der Waals surface area contributed by atoms with E-state index in [4.69, 9.17) is 0 Å². The second-order valence-corrected chi connectivity index (χ2v) is 17.6. The summed E-state index contributed by atoms with van der Waals surface area (Å²) in [6, 6.07) is 0. The molecule has 0 spiro atoms. The van der Waals surface area contributed by atoms with E-state index in [-0.39, 0.29) is 39.3 Å². The fraction of sp³-hybridized carbons (Fsp3) is 1.00. The Hall–Kier alpha value is 0.440. The summed E-state index contributed by atoms with van der Waals surface area (Å²) >= 11 is 0. The molecule has 20 heteroatoms. The van der Waals surface area contributed by atoms with E-state index in [0.29, 0.717) is 24.1 Å². The van der Waals surface area contributed by atoms with Crippen LogP contribution in [-0.4, -0.2) is 170 Å². The van der Waals surface area contributed by atoms with Gasteiger partial charge in [0.2, 0.25) is 0 Å². The van der Waals surface area contributed by atoms with E-state index in [9.17, 15) is 57.4 Å². The minimum Gasteiger partial charge on any atom is -0.331 e. The number of quaternary nitrogens is 1. The summed E-state index contributed by atoms with van der Waals surface area (Å²) in [7, 11) is -11.2. The molecule has 0 aliphatic heterocycles. The number of hydrogen-bond acceptors (Lipinski definition) is 7. The molecule has 0 fully saturated rings. The van der Waals surface area contributed by atoms with Gasteiger partial charge in [0.25, 0.3) is 0 Å². The molecule has 0 aliphatic rings. The van der Waals surface area contributed by atoms with E-state index in [1.807, 2.05) is 26.0 Å². The van der Waals surface area contributed by atoms with Gasteiger partial charge in [0, 0.05) is 65.3 Å².